The van der Waals surface area contributed by atoms with Gasteiger partial charge in [-0.2, -0.15) is 0 Å². The third-order valence-electron chi connectivity index (χ3n) is 4.74. The molecule has 0 aliphatic carbocycles. The molecule has 0 unspecified atom stereocenters. The van der Waals surface area contributed by atoms with Gasteiger partial charge < -0.3 is 16.0 Å². The first-order chi connectivity index (χ1) is 11.4. The highest BCUT2D eigenvalue weighted by Crippen LogP contribution is 2.10. The third-order valence-corrected chi connectivity index (χ3v) is 4.74. The van der Waals surface area contributed by atoms with Crippen molar-refractivity contribution in [1.82, 2.24) is 10.2 Å². The molecule has 23 heavy (non-hydrogen) atoms. The minimum absolute atomic E-state index is 0.799. The second-order valence-electron chi connectivity index (χ2n) is 6.96. The number of nitrogens with one attached hydrogen (secondary N) is 1. The summed E-state index contributed by atoms with van der Waals surface area (Å²) in [5, 5.41) is 3.50. The van der Waals surface area contributed by atoms with Crippen LogP contribution in [0.25, 0.3) is 0 Å². The van der Waals surface area contributed by atoms with E-state index in [-0.39, 0.29) is 0 Å². The SMILES string of the molecule is NCCCNCCCN1CCCC/C=C/CCCCCCCC1. The standard InChI is InChI=1S/C20H41N3/c21-15-13-16-22-17-14-20-23-18-11-9-7-5-3-1-2-4-6-8-10-12-19-23/h3,5,22H,1-2,4,6-21H2/b5-3+. The summed E-state index contributed by atoms with van der Waals surface area (Å²) in [6.45, 7) is 6.86. The number of hydrogen-bond donors (Lipinski definition) is 2. The average Bonchev–Trinajstić information content (AvgIpc) is 2.57. The maximum Gasteiger partial charge on any atom is -0.000664 e. The van der Waals surface area contributed by atoms with Crippen LogP contribution in [0.5, 0.6) is 0 Å². The normalized spacial score (nSPS) is 21.4. The Kier molecular flexibility index (Phi) is 14.8. The van der Waals surface area contributed by atoms with Gasteiger partial charge in [-0.25, -0.2) is 0 Å². The summed E-state index contributed by atoms with van der Waals surface area (Å²) in [4.78, 5) is 2.70. The van der Waals surface area contributed by atoms with Crippen molar-refractivity contribution in [2.75, 3.05) is 39.3 Å². The number of nitrogens with zero attached hydrogens (tertiary/aromatic N) is 1. The van der Waals surface area contributed by atoms with E-state index in [1.807, 2.05) is 0 Å². The zero-order valence-corrected chi connectivity index (χ0v) is 15.4. The van der Waals surface area contributed by atoms with Gasteiger partial charge in [-0.3, -0.25) is 0 Å². The van der Waals surface area contributed by atoms with Gasteiger partial charge in [0.05, 0.1) is 0 Å². The topological polar surface area (TPSA) is 41.3 Å². The van der Waals surface area contributed by atoms with Crippen LogP contribution >= 0.6 is 0 Å². The van der Waals surface area contributed by atoms with Crippen LogP contribution in [0.3, 0.4) is 0 Å². The number of nitrogens with two attached hydrogens (primary N) is 1. The van der Waals surface area contributed by atoms with Gasteiger partial charge in [-0.1, -0.05) is 37.8 Å². The van der Waals surface area contributed by atoms with Crippen molar-refractivity contribution in [3.8, 4) is 0 Å². The lowest BCUT2D eigenvalue weighted by Crippen LogP contribution is -2.30. The van der Waals surface area contributed by atoms with E-state index in [1.54, 1.807) is 0 Å². The minimum atomic E-state index is 0.799. The van der Waals surface area contributed by atoms with Gasteiger partial charge in [-0.05, 0) is 90.6 Å². The molecule has 1 heterocycles. The van der Waals surface area contributed by atoms with Crippen LogP contribution in [-0.4, -0.2) is 44.2 Å². The molecule has 0 fully saturated rings. The first-order valence-electron chi connectivity index (χ1n) is 10.2. The second-order valence-corrected chi connectivity index (χ2v) is 6.96. The van der Waals surface area contributed by atoms with Crippen molar-refractivity contribution in [3.05, 3.63) is 12.2 Å². The van der Waals surface area contributed by atoms with Crippen LogP contribution in [0.1, 0.15) is 77.0 Å². The van der Waals surface area contributed by atoms with Gasteiger partial charge in [0.15, 0.2) is 0 Å². The fourth-order valence-electron chi connectivity index (χ4n) is 3.25. The predicted molar refractivity (Wildman–Crippen MR) is 103 cm³/mol. The lowest BCUT2D eigenvalue weighted by Gasteiger charge is -2.22. The Labute approximate surface area is 145 Å². The summed E-state index contributed by atoms with van der Waals surface area (Å²) in [5.41, 5.74) is 5.52. The monoisotopic (exact) mass is 323 g/mol. The molecule has 3 heteroatoms. The van der Waals surface area contributed by atoms with Crippen molar-refractivity contribution in [3.63, 3.8) is 0 Å². The van der Waals surface area contributed by atoms with Gasteiger partial charge in [0.2, 0.25) is 0 Å². The summed E-state index contributed by atoms with van der Waals surface area (Å²) >= 11 is 0. The largest absolute Gasteiger partial charge is 0.330 e. The Morgan fingerprint density at radius 2 is 1.30 bits per heavy atom. The van der Waals surface area contributed by atoms with Crippen molar-refractivity contribution in [2.24, 2.45) is 5.73 Å². The molecule has 3 N–H and O–H groups in total. The molecule has 0 radical (unpaired) electrons. The predicted octanol–water partition coefficient (Wildman–Crippen LogP) is 4.09. The molecule has 0 saturated heterocycles. The number of allylic oxidation sites excluding steroid dienone is 2. The van der Waals surface area contributed by atoms with Gasteiger partial charge in [0.1, 0.15) is 0 Å². The Hall–Kier alpha value is -0.380. The van der Waals surface area contributed by atoms with Crippen molar-refractivity contribution < 1.29 is 0 Å². The van der Waals surface area contributed by atoms with E-state index >= 15 is 0 Å². The molecule has 0 atom stereocenters. The first-order valence-corrected chi connectivity index (χ1v) is 10.2. The Balaban J connectivity index is 2.18. The molecule has 0 amide bonds. The molecule has 1 aliphatic heterocycles. The van der Waals surface area contributed by atoms with E-state index in [0.29, 0.717) is 0 Å². The van der Waals surface area contributed by atoms with Gasteiger partial charge in [0, 0.05) is 0 Å². The molecule has 3 nitrogen and oxygen atoms in total. The van der Waals surface area contributed by atoms with Crippen LogP contribution in [0.2, 0.25) is 0 Å². The third kappa shape index (κ3) is 13.7. The highest BCUT2D eigenvalue weighted by Gasteiger charge is 2.04. The van der Waals surface area contributed by atoms with Gasteiger partial charge >= 0.3 is 0 Å². The summed E-state index contributed by atoms with van der Waals surface area (Å²) in [6.07, 6.45) is 20.9. The molecule has 0 aromatic heterocycles. The van der Waals surface area contributed by atoms with Crippen LogP contribution in [-0.2, 0) is 0 Å². The molecule has 0 bridgehead atoms. The van der Waals surface area contributed by atoms with Gasteiger partial charge in [-0.15, -0.1) is 0 Å². The Bertz CT molecular complexity index is 266. The van der Waals surface area contributed by atoms with Crippen molar-refractivity contribution >= 4 is 0 Å². The summed E-state index contributed by atoms with van der Waals surface area (Å²) in [7, 11) is 0. The van der Waals surface area contributed by atoms with E-state index < -0.39 is 0 Å². The van der Waals surface area contributed by atoms with Crippen molar-refractivity contribution in [1.29, 1.82) is 0 Å². The summed E-state index contributed by atoms with van der Waals surface area (Å²) < 4.78 is 0. The maximum absolute atomic E-state index is 5.52. The lowest BCUT2D eigenvalue weighted by atomic mass is 10.1. The maximum atomic E-state index is 5.52. The van der Waals surface area contributed by atoms with E-state index in [9.17, 15) is 0 Å². The molecule has 0 spiro atoms. The van der Waals surface area contributed by atoms with Crippen molar-refractivity contribution in [2.45, 2.75) is 77.0 Å². The second kappa shape index (κ2) is 16.5. The molecular weight excluding hydrogens is 282 g/mol. The highest BCUT2D eigenvalue weighted by molar-refractivity contribution is 4.81. The molecular formula is C20H41N3. The quantitative estimate of drug-likeness (QED) is 0.548. The lowest BCUT2D eigenvalue weighted by molar-refractivity contribution is 0.257. The molecule has 1 aliphatic rings. The highest BCUT2D eigenvalue weighted by atomic mass is 15.1. The Morgan fingerprint density at radius 3 is 2.04 bits per heavy atom. The number of hydrogen-bond acceptors (Lipinski definition) is 3. The zero-order chi connectivity index (χ0) is 16.4. The van der Waals surface area contributed by atoms with E-state index in [1.165, 1.54) is 90.3 Å². The smallest absolute Gasteiger partial charge is 0.000664 e. The Morgan fingerprint density at radius 1 is 0.739 bits per heavy atom. The zero-order valence-electron chi connectivity index (χ0n) is 15.4. The summed E-state index contributed by atoms with van der Waals surface area (Å²) in [5.74, 6) is 0. The molecule has 0 aromatic rings. The van der Waals surface area contributed by atoms with Crippen LogP contribution in [0.15, 0.2) is 12.2 Å². The van der Waals surface area contributed by atoms with Crippen LogP contribution < -0.4 is 11.1 Å². The molecule has 136 valence electrons. The summed E-state index contributed by atoms with van der Waals surface area (Å²) in [6, 6.07) is 0. The molecule has 0 aromatic carbocycles. The van der Waals surface area contributed by atoms with E-state index in [2.05, 4.69) is 22.4 Å². The fraction of sp³-hybridized carbons (Fsp3) is 0.900. The first kappa shape index (κ1) is 20.7. The molecule has 1 rings (SSSR count). The molecule has 0 saturated carbocycles. The van der Waals surface area contributed by atoms with Crippen LogP contribution in [0, 0.1) is 0 Å². The van der Waals surface area contributed by atoms with Crippen LogP contribution in [0.4, 0.5) is 0 Å². The van der Waals surface area contributed by atoms with E-state index in [0.717, 1.165) is 26.1 Å². The fourth-order valence-corrected chi connectivity index (χ4v) is 3.25. The number of rotatable bonds is 7. The van der Waals surface area contributed by atoms with E-state index in [4.69, 9.17) is 5.73 Å². The van der Waals surface area contributed by atoms with Gasteiger partial charge in [0.25, 0.3) is 0 Å². The minimum Gasteiger partial charge on any atom is -0.330 e. The average molecular weight is 324 g/mol.